The molecule has 0 saturated carbocycles. The molecule has 0 bridgehead atoms. The quantitative estimate of drug-likeness (QED) is 0.679. The average Bonchev–Trinajstić information content (AvgIpc) is 3.19. The summed E-state index contributed by atoms with van der Waals surface area (Å²) in [6, 6.07) is 0. The molecule has 3 heteroatoms. The fraction of sp³-hybridized carbons (Fsp3) is 0.500. The number of hydrogen-bond acceptors (Lipinski definition) is 3. The van der Waals surface area contributed by atoms with Crippen LogP contribution in [0.25, 0.3) is 0 Å². The normalized spacial score (nSPS) is 35.1. The maximum atomic E-state index is 12.4. The Balaban J connectivity index is 1.76. The van der Waals surface area contributed by atoms with E-state index in [-0.39, 0.29) is 23.9 Å². The van der Waals surface area contributed by atoms with Crippen molar-refractivity contribution in [1.82, 2.24) is 0 Å². The molecular formula is C14H16O3. The molecule has 2 heterocycles. The van der Waals surface area contributed by atoms with E-state index in [2.05, 4.69) is 6.58 Å². The SMILES string of the molecule is C=CC1=CC=C(CC2CO2)C(=O)C1CC1CO1. The molecule has 90 valence electrons. The minimum Gasteiger partial charge on any atom is -0.373 e. The van der Waals surface area contributed by atoms with Crippen LogP contribution in [0.15, 0.2) is 36.0 Å². The second-order valence-corrected chi connectivity index (χ2v) is 4.83. The van der Waals surface area contributed by atoms with Gasteiger partial charge in [0, 0.05) is 12.3 Å². The molecule has 2 fully saturated rings. The fourth-order valence-electron chi connectivity index (χ4n) is 2.29. The Labute approximate surface area is 101 Å². The summed E-state index contributed by atoms with van der Waals surface area (Å²) in [4.78, 5) is 12.4. The number of allylic oxidation sites excluding steroid dienone is 4. The van der Waals surface area contributed by atoms with Crippen molar-refractivity contribution in [3.8, 4) is 0 Å². The molecule has 0 spiro atoms. The Morgan fingerprint density at radius 1 is 1.29 bits per heavy atom. The Morgan fingerprint density at radius 2 is 2.00 bits per heavy atom. The van der Waals surface area contributed by atoms with Gasteiger partial charge in [-0.3, -0.25) is 4.79 Å². The monoisotopic (exact) mass is 232 g/mol. The molecule has 3 atom stereocenters. The van der Waals surface area contributed by atoms with Crippen LogP contribution in [-0.2, 0) is 14.3 Å². The van der Waals surface area contributed by atoms with E-state index in [1.54, 1.807) is 6.08 Å². The lowest BCUT2D eigenvalue weighted by Crippen LogP contribution is -2.23. The highest BCUT2D eigenvalue weighted by Crippen LogP contribution is 2.33. The van der Waals surface area contributed by atoms with Crippen LogP contribution < -0.4 is 0 Å². The van der Waals surface area contributed by atoms with Crippen molar-refractivity contribution in [2.24, 2.45) is 5.92 Å². The molecule has 0 amide bonds. The van der Waals surface area contributed by atoms with Crippen LogP contribution in [-0.4, -0.2) is 31.2 Å². The highest BCUT2D eigenvalue weighted by atomic mass is 16.6. The number of carbonyl (C=O) groups is 1. The third-order valence-corrected chi connectivity index (χ3v) is 3.50. The first kappa shape index (κ1) is 10.9. The summed E-state index contributed by atoms with van der Waals surface area (Å²) >= 11 is 0. The van der Waals surface area contributed by atoms with Crippen molar-refractivity contribution < 1.29 is 14.3 Å². The number of Topliss-reactive ketones (excluding diaryl/α,β-unsaturated/α-hetero) is 1. The van der Waals surface area contributed by atoms with E-state index in [1.807, 2.05) is 12.2 Å². The molecule has 2 saturated heterocycles. The van der Waals surface area contributed by atoms with Crippen LogP contribution in [0.4, 0.5) is 0 Å². The fourth-order valence-corrected chi connectivity index (χ4v) is 2.29. The highest BCUT2D eigenvalue weighted by Gasteiger charge is 2.36. The van der Waals surface area contributed by atoms with Gasteiger partial charge in [0.1, 0.15) is 0 Å². The van der Waals surface area contributed by atoms with Gasteiger partial charge in [0.25, 0.3) is 0 Å². The first-order chi connectivity index (χ1) is 8.28. The summed E-state index contributed by atoms with van der Waals surface area (Å²) in [7, 11) is 0. The van der Waals surface area contributed by atoms with Crippen molar-refractivity contribution >= 4 is 5.78 Å². The molecule has 3 nitrogen and oxygen atoms in total. The predicted octanol–water partition coefficient (Wildman–Crippen LogP) is 1.80. The summed E-state index contributed by atoms with van der Waals surface area (Å²) in [5.74, 6) is 0.173. The van der Waals surface area contributed by atoms with Gasteiger partial charge in [-0.1, -0.05) is 24.8 Å². The lowest BCUT2D eigenvalue weighted by atomic mass is 9.81. The molecule has 0 N–H and O–H groups in total. The van der Waals surface area contributed by atoms with E-state index < -0.39 is 0 Å². The van der Waals surface area contributed by atoms with Crippen LogP contribution in [0.3, 0.4) is 0 Å². The first-order valence-corrected chi connectivity index (χ1v) is 6.08. The number of rotatable bonds is 5. The van der Waals surface area contributed by atoms with Gasteiger partial charge < -0.3 is 9.47 Å². The second-order valence-electron chi connectivity index (χ2n) is 4.83. The molecule has 0 radical (unpaired) electrons. The Morgan fingerprint density at radius 3 is 2.59 bits per heavy atom. The van der Waals surface area contributed by atoms with Crippen molar-refractivity contribution in [2.45, 2.75) is 25.0 Å². The predicted molar refractivity (Wildman–Crippen MR) is 63.6 cm³/mol. The Bertz CT molecular complexity index is 411. The zero-order valence-electron chi connectivity index (χ0n) is 9.72. The zero-order valence-corrected chi connectivity index (χ0v) is 9.72. The van der Waals surface area contributed by atoms with E-state index in [0.29, 0.717) is 0 Å². The lowest BCUT2D eigenvalue weighted by Gasteiger charge is -2.21. The molecule has 3 unspecified atom stereocenters. The topological polar surface area (TPSA) is 42.1 Å². The Kier molecular flexibility index (Phi) is 2.73. The van der Waals surface area contributed by atoms with E-state index in [4.69, 9.17) is 9.47 Å². The number of ether oxygens (including phenoxy) is 2. The van der Waals surface area contributed by atoms with Gasteiger partial charge >= 0.3 is 0 Å². The van der Waals surface area contributed by atoms with Gasteiger partial charge in [0.15, 0.2) is 5.78 Å². The third kappa shape index (κ3) is 2.40. The van der Waals surface area contributed by atoms with Gasteiger partial charge in [-0.15, -0.1) is 0 Å². The summed E-state index contributed by atoms with van der Waals surface area (Å²) in [5, 5.41) is 0. The van der Waals surface area contributed by atoms with E-state index in [1.165, 1.54) is 0 Å². The van der Waals surface area contributed by atoms with E-state index in [0.717, 1.165) is 37.2 Å². The van der Waals surface area contributed by atoms with Crippen molar-refractivity contribution in [1.29, 1.82) is 0 Å². The maximum Gasteiger partial charge on any atom is 0.166 e. The largest absolute Gasteiger partial charge is 0.373 e. The number of ketones is 1. The van der Waals surface area contributed by atoms with Gasteiger partial charge in [-0.05, 0) is 17.6 Å². The number of carbonyl (C=O) groups excluding carboxylic acids is 1. The molecule has 0 aromatic rings. The lowest BCUT2D eigenvalue weighted by molar-refractivity contribution is -0.118. The smallest absolute Gasteiger partial charge is 0.166 e. The molecule has 0 aromatic heterocycles. The third-order valence-electron chi connectivity index (χ3n) is 3.50. The molecule has 3 aliphatic rings. The molecule has 17 heavy (non-hydrogen) atoms. The van der Waals surface area contributed by atoms with E-state index in [9.17, 15) is 4.79 Å². The minimum atomic E-state index is -0.0567. The second kappa shape index (κ2) is 4.24. The summed E-state index contributed by atoms with van der Waals surface area (Å²) in [6.45, 7) is 5.36. The standard InChI is InChI=1S/C14H16O3/c1-2-9-3-4-10(5-11-7-16-11)14(15)13(9)6-12-8-17-12/h2-4,11-13H,1,5-8H2. The summed E-state index contributed by atoms with van der Waals surface area (Å²) in [5.41, 5.74) is 1.91. The van der Waals surface area contributed by atoms with Gasteiger partial charge in [0.2, 0.25) is 0 Å². The highest BCUT2D eigenvalue weighted by molar-refractivity contribution is 6.01. The molecule has 2 aliphatic heterocycles. The summed E-state index contributed by atoms with van der Waals surface area (Å²) in [6.07, 6.45) is 7.79. The van der Waals surface area contributed by atoms with Crippen LogP contribution in [0.5, 0.6) is 0 Å². The van der Waals surface area contributed by atoms with Gasteiger partial charge in [-0.25, -0.2) is 0 Å². The zero-order chi connectivity index (χ0) is 11.8. The van der Waals surface area contributed by atoms with Crippen LogP contribution >= 0.6 is 0 Å². The average molecular weight is 232 g/mol. The van der Waals surface area contributed by atoms with Gasteiger partial charge in [-0.2, -0.15) is 0 Å². The van der Waals surface area contributed by atoms with E-state index >= 15 is 0 Å². The van der Waals surface area contributed by atoms with Crippen LogP contribution in [0.2, 0.25) is 0 Å². The van der Waals surface area contributed by atoms with Crippen molar-refractivity contribution in [2.75, 3.05) is 13.2 Å². The van der Waals surface area contributed by atoms with Crippen LogP contribution in [0, 0.1) is 5.92 Å². The maximum absolute atomic E-state index is 12.4. The van der Waals surface area contributed by atoms with Crippen molar-refractivity contribution in [3.63, 3.8) is 0 Å². The Hall–Kier alpha value is -1.19. The van der Waals surface area contributed by atoms with Crippen LogP contribution in [0.1, 0.15) is 12.8 Å². The van der Waals surface area contributed by atoms with Crippen molar-refractivity contribution in [3.05, 3.63) is 36.0 Å². The molecule has 0 aromatic carbocycles. The minimum absolute atomic E-state index is 0.0567. The molecule has 3 rings (SSSR count). The molecular weight excluding hydrogens is 216 g/mol. The summed E-state index contributed by atoms with van der Waals surface area (Å²) < 4.78 is 10.4. The molecule has 1 aliphatic carbocycles. The van der Waals surface area contributed by atoms with Gasteiger partial charge in [0.05, 0.1) is 25.4 Å². The number of epoxide rings is 2. The number of hydrogen-bond donors (Lipinski definition) is 0. The first-order valence-electron chi connectivity index (χ1n) is 6.08.